The number of rotatable bonds is 3. The summed E-state index contributed by atoms with van der Waals surface area (Å²) < 4.78 is 5.22. The largest absolute Gasteiger partial charge is 0.455 e. The number of amides is 1. The van der Waals surface area contributed by atoms with E-state index in [9.17, 15) is 4.79 Å². The molecular weight excluding hydrogens is 180 g/mol. The number of hydrogen-bond donors (Lipinski definition) is 2. The maximum Gasteiger partial charge on any atom is 0.287 e. The van der Waals surface area contributed by atoms with Gasteiger partial charge in [0, 0.05) is 6.04 Å². The van der Waals surface area contributed by atoms with Crippen molar-refractivity contribution in [3.05, 3.63) is 23.7 Å². The Balaban J connectivity index is 1.96. The Bertz CT molecular complexity index is 346. The predicted octanol–water partition coefficient (Wildman–Crippen LogP) is 0.877. The van der Waals surface area contributed by atoms with Gasteiger partial charge < -0.3 is 15.5 Å². The van der Waals surface area contributed by atoms with Crippen molar-refractivity contribution in [1.82, 2.24) is 5.32 Å². The molecule has 1 aliphatic carbocycles. The average molecular weight is 194 g/mol. The van der Waals surface area contributed by atoms with E-state index in [-0.39, 0.29) is 5.91 Å². The molecule has 1 saturated carbocycles. The number of nitrogens with two attached hydrogens (primary N) is 1. The van der Waals surface area contributed by atoms with Crippen molar-refractivity contribution in [1.29, 1.82) is 0 Å². The zero-order chi connectivity index (χ0) is 10.1. The molecule has 0 aliphatic heterocycles. The molecule has 2 rings (SSSR count). The molecule has 1 aromatic rings. The second-order valence-electron chi connectivity index (χ2n) is 3.76. The molecule has 2 unspecified atom stereocenters. The monoisotopic (exact) mass is 194 g/mol. The SMILES string of the molecule is CC1CC1NC(=O)c1ccc(CN)o1. The highest BCUT2D eigenvalue weighted by Crippen LogP contribution is 2.29. The molecule has 14 heavy (non-hydrogen) atoms. The second-order valence-corrected chi connectivity index (χ2v) is 3.76. The van der Waals surface area contributed by atoms with Gasteiger partial charge >= 0.3 is 0 Å². The lowest BCUT2D eigenvalue weighted by Gasteiger charge is -1.99. The molecule has 76 valence electrons. The molecule has 2 atom stereocenters. The van der Waals surface area contributed by atoms with Crippen molar-refractivity contribution in [3.63, 3.8) is 0 Å². The van der Waals surface area contributed by atoms with Crippen LogP contribution in [0, 0.1) is 5.92 Å². The highest BCUT2D eigenvalue weighted by Gasteiger charge is 2.34. The Hall–Kier alpha value is -1.29. The van der Waals surface area contributed by atoms with Crippen LogP contribution in [0.4, 0.5) is 0 Å². The van der Waals surface area contributed by atoms with Gasteiger partial charge in [0.25, 0.3) is 5.91 Å². The minimum Gasteiger partial charge on any atom is -0.455 e. The normalized spacial score (nSPS) is 24.7. The van der Waals surface area contributed by atoms with Crippen molar-refractivity contribution < 1.29 is 9.21 Å². The van der Waals surface area contributed by atoms with Crippen molar-refractivity contribution in [2.45, 2.75) is 25.9 Å². The lowest BCUT2D eigenvalue weighted by atomic mass is 10.4. The van der Waals surface area contributed by atoms with E-state index in [1.807, 2.05) is 0 Å². The summed E-state index contributed by atoms with van der Waals surface area (Å²) in [6.07, 6.45) is 1.07. The highest BCUT2D eigenvalue weighted by atomic mass is 16.4. The summed E-state index contributed by atoms with van der Waals surface area (Å²) in [4.78, 5) is 11.5. The van der Waals surface area contributed by atoms with Gasteiger partial charge in [0.2, 0.25) is 0 Å². The van der Waals surface area contributed by atoms with Gasteiger partial charge in [-0.25, -0.2) is 0 Å². The van der Waals surface area contributed by atoms with Gasteiger partial charge in [-0.3, -0.25) is 4.79 Å². The van der Waals surface area contributed by atoms with Gasteiger partial charge in [-0.2, -0.15) is 0 Å². The van der Waals surface area contributed by atoms with E-state index < -0.39 is 0 Å². The first-order valence-electron chi connectivity index (χ1n) is 4.80. The standard InChI is InChI=1S/C10H14N2O2/c1-6-4-8(6)12-10(13)9-3-2-7(5-11)14-9/h2-3,6,8H,4-5,11H2,1H3,(H,12,13). The topological polar surface area (TPSA) is 68.3 Å². The molecule has 1 aliphatic rings. The molecule has 4 heteroatoms. The molecule has 1 heterocycles. The van der Waals surface area contributed by atoms with E-state index in [0.717, 1.165) is 6.42 Å². The van der Waals surface area contributed by atoms with Gasteiger partial charge in [0.1, 0.15) is 5.76 Å². The van der Waals surface area contributed by atoms with E-state index >= 15 is 0 Å². The summed E-state index contributed by atoms with van der Waals surface area (Å²) in [6.45, 7) is 2.44. The van der Waals surface area contributed by atoms with Crippen LogP contribution in [0.5, 0.6) is 0 Å². The maximum atomic E-state index is 11.5. The van der Waals surface area contributed by atoms with Crippen LogP contribution >= 0.6 is 0 Å². The van der Waals surface area contributed by atoms with Crippen molar-refractivity contribution in [2.24, 2.45) is 11.7 Å². The molecule has 0 bridgehead atoms. The summed E-state index contributed by atoms with van der Waals surface area (Å²) in [7, 11) is 0. The Labute approximate surface area is 82.5 Å². The Morgan fingerprint density at radius 3 is 2.93 bits per heavy atom. The Kier molecular flexibility index (Phi) is 2.29. The smallest absolute Gasteiger partial charge is 0.287 e. The van der Waals surface area contributed by atoms with Crippen LogP contribution in [-0.2, 0) is 6.54 Å². The summed E-state index contributed by atoms with van der Waals surface area (Å²) in [5, 5.41) is 2.88. The molecule has 1 amide bonds. The zero-order valence-corrected chi connectivity index (χ0v) is 8.12. The number of furan rings is 1. The van der Waals surface area contributed by atoms with Crippen molar-refractivity contribution >= 4 is 5.91 Å². The fraction of sp³-hybridized carbons (Fsp3) is 0.500. The summed E-state index contributed by atoms with van der Waals surface area (Å²) in [5.74, 6) is 1.45. The van der Waals surface area contributed by atoms with E-state index in [4.69, 9.17) is 10.2 Å². The minimum atomic E-state index is -0.140. The molecule has 3 N–H and O–H groups in total. The van der Waals surface area contributed by atoms with Gasteiger partial charge in [-0.1, -0.05) is 6.92 Å². The fourth-order valence-corrected chi connectivity index (χ4v) is 1.37. The Morgan fingerprint density at radius 1 is 1.71 bits per heavy atom. The zero-order valence-electron chi connectivity index (χ0n) is 8.12. The highest BCUT2D eigenvalue weighted by molar-refractivity contribution is 5.91. The lowest BCUT2D eigenvalue weighted by molar-refractivity contribution is 0.0920. The summed E-state index contributed by atoms with van der Waals surface area (Å²) in [6, 6.07) is 3.71. The van der Waals surface area contributed by atoms with Crippen molar-refractivity contribution in [3.8, 4) is 0 Å². The van der Waals surface area contributed by atoms with Crippen LogP contribution in [0.1, 0.15) is 29.7 Å². The van der Waals surface area contributed by atoms with Crippen LogP contribution < -0.4 is 11.1 Å². The van der Waals surface area contributed by atoms with Gasteiger partial charge in [0.05, 0.1) is 6.54 Å². The van der Waals surface area contributed by atoms with Crippen LogP contribution in [0.15, 0.2) is 16.5 Å². The first-order valence-corrected chi connectivity index (χ1v) is 4.80. The average Bonchev–Trinajstić information content (AvgIpc) is 2.72. The third-order valence-corrected chi connectivity index (χ3v) is 2.51. The van der Waals surface area contributed by atoms with Crippen LogP contribution in [0.3, 0.4) is 0 Å². The van der Waals surface area contributed by atoms with Crippen LogP contribution in [-0.4, -0.2) is 11.9 Å². The van der Waals surface area contributed by atoms with Crippen molar-refractivity contribution in [2.75, 3.05) is 0 Å². The van der Waals surface area contributed by atoms with Gasteiger partial charge in [-0.05, 0) is 24.5 Å². The van der Waals surface area contributed by atoms with Gasteiger partial charge in [-0.15, -0.1) is 0 Å². The minimum absolute atomic E-state index is 0.140. The second kappa shape index (κ2) is 3.46. The summed E-state index contributed by atoms with van der Waals surface area (Å²) in [5.41, 5.74) is 5.37. The first kappa shape index (κ1) is 9.27. The third-order valence-electron chi connectivity index (χ3n) is 2.51. The van der Waals surface area contributed by atoms with E-state index in [1.165, 1.54) is 0 Å². The molecule has 1 aromatic heterocycles. The quantitative estimate of drug-likeness (QED) is 0.750. The molecule has 0 spiro atoms. The number of hydrogen-bond acceptors (Lipinski definition) is 3. The van der Waals surface area contributed by atoms with E-state index in [0.29, 0.717) is 30.0 Å². The molecule has 0 radical (unpaired) electrons. The molecule has 1 fully saturated rings. The number of carbonyl (C=O) groups is 1. The summed E-state index contributed by atoms with van der Waals surface area (Å²) >= 11 is 0. The maximum absolute atomic E-state index is 11.5. The predicted molar refractivity (Wildman–Crippen MR) is 51.6 cm³/mol. The first-order chi connectivity index (χ1) is 6.70. The third kappa shape index (κ3) is 1.80. The lowest BCUT2D eigenvalue weighted by Crippen LogP contribution is -2.26. The molecule has 0 saturated heterocycles. The molecule has 0 aromatic carbocycles. The van der Waals surface area contributed by atoms with E-state index in [1.54, 1.807) is 12.1 Å². The Morgan fingerprint density at radius 2 is 2.43 bits per heavy atom. The number of carbonyl (C=O) groups excluding carboxylic acids is 1. The molecule has 4 nitrogen and oxygen atoms in total. The number of nitrogens with one attached hydrogen (secondary N) is 1. The van der Waals surface area contributed by atoms with Crippen LogP contribution in [0.25, 0.3) is 0 Å². The van der Waals surface area contributed by atoms with Gasteiger partial charge in [0.15, 0.2) is 5.76 Å². The molecular formula is C10H14N2O2. The van der Waals surface area contributed by atoms with Crippen LogP contribution in [0.2, 0.25) is 0 Å². The van der Waals surface area contributed by atoms with E-state index in [2.05, 4.69) is 12.2 Å². The fourth-order valence-electron chi connectivity index (χ4n) is 1.37.